The monoisotopic (exact) mass is 537 g/mol. The number of rotatable bonds is 6. The number of anilines is 2. The first-order chi connectivity index (χ1) is 18.0. The van der Waals surface area contributed by atoms with Gasteiger partial charge in [-0.25, -0.2) is 19.9 Å². The summed E-state index contributed by atoms with van der Waals surface area (Å²) in [7, 11) is 0. The molecule has 3 aromatic heterocycles. The van der Waals surface area contributed by atoms with Gasteiger partial charge in [0.2, 0.25) is 0 Å². The lowest BCUT2D eigenvalue weighted by molar-refractivity contribution is 0.216. The van der Waals surface area contributed by atoms with Gasteiger partial charge in [0.05, 0.1) is 22.5 Å². The zero-order valence-corrected chi connectivity index (χ0v) is 22.6. The molecule has 11 heteroatoms. The normalized spacial score (nSPS) is 18.9. The zero-order valence-electron chi connectivity index (χ0n) is 21.0. The minimum absolute atomic E-state index is 0.134. The highest BCUT2D eigenvalue weighted by Gasteiger charge is 2.26. The lowest BCUT2D eigenvalue weighted by Crippen LogP contribution is -2.30. The summed E-state index contributed by atoms with van der Waals surface area (Å²) in [5, 5.41) is 3.08. The largest absolute Gasteiger partial charge is 0.383 e. The van der Waals surface area contributed by atoms with Gasteiger partial charge in [-0.05, 0) is 68.7 Å². The van der Waals surface area contributed by atoms with E-state index in [9.17, 15) is 0 Å². The molecular weight excluding hydrogens is 506 g/mol. The molecular formula is C26H32ClN9S. The molecule has 0 saturated carbocycles. The molecule has 9 nitrogen and oxygen atoms in total. The SMILES string of the molecule is CCc1[nH]c2nc(Sc3ccc4c(N)nc(CN5CCCCC5)nc4c3)nc(N3CC[C@H](N)C3)c2c1Cl. The predicted octanol–water partition coefficient (Wildman–Crippen LogP) is 4.37. The lowest BCUT2D eigenvalue weighted by atomic mass is 10.1. The molecule has 194 valence electrons. The van der Waals surface area contributed by atoms with E-state index < -0.39 is 0 Å². The molecule has 2 aliphatic rings. The summed E-state index contributed by atoms with van der Waals surface area (Å²) < 4.78 is 0. The van der Waals surface area contributed by atoms with Crippen molar-refractivity contribution in [2.75, 3.05) is 36.8 Å². The topological polar surface area (TPSA) is 126 Å². The van der Waals surface area contributed by atoms with E-state index in [0.29, 0.717) is 16.0 Å². The third-order valence-corrected chi connectivity index (χ3v) is 8.54. The Hall–Kier alpha value is -2.66. The molecule has 1 aromatic carbocycles. The molecule has 1 atom stereocenters. The maximum atomic E-state index is 6.75. The number of aromatic amines is 1. The molecule has 5 N–H and O–H groups in total. The fourth-order valence-electron chi connectivity index (χ4n) is 5.31. The molecule has 4 aromatic rings. The minimum Gasteiger partial charge on any atom is -0.383 e. The van der Waals surface area contributed by atoms with Crippen LogP contribution < -0.4 is 16.4 Å². The van der Waals surface area contributed by atoms with E-state index in [1.54, 1.807) is 0 Å². The van der Waals surface area contributed by atoms with Crippen LogP contribution in [0.15, 0.2) is 28.3 Å². The van der Waals surface area contributed by atoms with Crippen LogP contribution in [-0.2, 0) is 13.0 Å². The van der Waals surface area contributed by atoms with Crippen LogP contribution in [-0.4, -0.2) is 62.0 Å². The number of likely N-dealkylation sites (tertiary alicyclic amines) is 1. The van der Waals surface area contributed by atoms with Crippen LogP contribution in [0, 0.1) is 0 Å². The van der Waals surface area contributed by atoms with Gasteiger partial charge in [-0.1, -0.05) is 24.9 Å². The van der Waals surface area contributed by atoms with Gasteiger partial charge in [0.15, 0.2) is 5.16 Å². The van der Waals surface area contributed by atoms with E-state index in [0.717, 1.165) is 89.7 Å². The van der Waals surface area contributed by atoms with Gasteiger partial charge in [-0.3, -0.25) is 4.90 Å². The molecule has 0 amide bonds. The van der Waals surface area contributed by atoms with Crippen molar-refractivity contribution in [1.29, 1.82) is 0 Å². The van der Waals surface area contributed by atoms with E-state index >= 15 is 0 Å². The van der Waals surface area contributed by atoms with E-state index in [1.165, 1.54) is 31.0 Å². The van der Waals surface area contributed by atoms with E-state index in [1.807, 2.05) is 12.1 Å². The first-order valence-corrected chi connectivity index (χ1v) is 14.2. The number of nitrogen functional groups attached to an aromatic ring is 1. The van der Waals surface area contributed by atoms with Crippen LogP contribution in [0.1, 0.15) is 44.1 Å². The van der Waals surface area contributed by atoms with Crippen molar-refractivity contribution in [2.45, 2.75) is 61.7 Å². The first-order valence-electron chi connectivity index (χ1n) is 13.0. The summed E-state index contributed by atoms with van der Waals surface area (Å²) in [6, 6.07) is 6.19. The molecule has 0 spiro atoms. The van der Waals surface area contributed by atoms with E-state index in [4.69, 9.17) is 38.0 Å². The highest BCUT2D eigenvalue weighted by molar-refractivity contribution is 7.99. The van der Waals surface area contributed by atoms with Crippen LogP contribution in [0.25, 0.3) is 21.9 Å². The number of aromatic nitrogens is 5. The number of benzene rings is 1. The Labute approximate surface area is 225 Å². The summed E-state index contributed by atoms with van der Waals surface area (Å²) in [6.45, 7) is 6.59. The number of nitrogens with one attached hydrogen (secondary N) is 1. The first kappa shape index (κ1) is 24.7. The van der Waals surface area contributed by atoms with Crippen molar-refractivity contribution in [3.8, 4) is 0 Å². The number of hydrogen-bond donors (Lipinski definition) is 3. The standard InChI is InChI=1S/C26H32ClN9S/c1-2-18-22(27)21-24(31-18)33-26(34-25(21)36-11-8-15(28)13-36)37-16-6-7-17-19(12-16)30-20(32-23(17)29)14-35-9-4-3-5-10-35/h6-7,12,15H,2-5,8-11,13-14,28H2,1H3,(H2,29,30,32)(H,31,33,34)/t15-/m0/s1. The van der Waals surface area contributed by atoms with Gasteiger partial charge >= 0.3 is 0 Å². The molecule has 0 aliphatic carbocycles. The van der Waals surface area contributed by atoms with Gasteiger partial charge in [-0.15, -0.1) is 0 Å². The molecule has 5 heterocycles. The second-order valence-electron chi connectivity index (χ2n) is 9.96. The number of halogens is 1. The quantitative estimate of drug-likeness (QED) is 0.307. The van der Waals surface area contributed by atoms with Gasteiger partial charge in [-0.2, -0.15) is 0 Å². The number of H-pyrrole nitrogens is 1. The van der Waals surface area contributed by atoms with Crippen LogP contribution in [0.5, 0.6) is 0 Å². The Bertz CT molecular complexity index is 1450. The Kier molecular flexibility index (Phi) is 6.83. The highest BCUT2D eigenvalue weighted by Crippen LogP contribution is 2.38. The third-order valence-electron chi connectivity index (χ3n) is 7.27. The predicted molar refractivity (Wildman–Crippen MR) is 150 cm³/mol. The van der Waals surface area contributed by atoms with Crippen LogP contribution in [0.4, 0.5) is 11.6 Å². The molecule has 2 fully saturated rings. The number of aryl methyl sites for hydroxylation is 1. The fourth-order valence-corrected chi connectivity index (χ4v) is 6.45. The Morgan fingerprint density at radius 1 is 1.11 bits per heavy atom. The Balaban J connectivity index is 1.34. The fraction of sp³-hybridized carbons (Fsp3) is 0.462. The van der Waals surface area contributed by atoms with E-state index in [-0.39, 0.29) is 6.04 Å². The summed E-state index contributed by atoms with van der Waals surface area (Å²) in [5.74, 6) is 2.14. The highest BCUT2D eigenvalue weighted by atomic mass is 35.5. The molecule has 37 heavy (non-hydrogen) atoms. The van der Waals surface area contributed by atoms with Crippen molar-refractivity contribution >= 4 is 56.9 Å². The second kappa shape index (κ2) is 10.2. The Morgan fingerprint density at radius 3 is 2.70 bits per heavy atom. The third kappa shape index (κ3) is 4.95. The average Bonchev–Trinajstić information content (AvgIpc) is 3.46. The molecule has 2 aliphatic heterocycles. The Morgan fingerprint density at radius 2 is 1.95 bits per heavy atom. The van der Waals surface area contributed by atoms with Crippen molar-refractivity contribution in [1.82, 2.24) is 29.8 Å². The average molecular weight is 538 g/mol. The lowest BCUT2D eigenvalue weighted by Gasteiger charge is -2.25. The number of fused-ring (bicyclic) bond motifs is 2. The van der Waals surface area contributed by atoms with Crippen molar-refractivity contribution in [3.63, 3.8) is 0 Å². The summed E-state index contributed by atoms with van der Waals surface area (Å²) in [5.41, 5.74) is 15.1. The smallest absolute Gasteiger partial charge is 0.196 e. The van der Waals surface area contributed by atoms with Gasteiger partial charge < -0.3 is 21.4 Å². The summed E-state index contributed by atoms with van der Waals surface area (Å²) >= 11 is 8.26. The molecule has 6 rings (SSSR count). The minimum atomic E-state index is 0.134. The van der Waals surface area contributed by atoms with Gasteiger partial charge in [0, 0.05) is 35.1 Å². The van der Waals surface area contributed by atoms with E-state index in [2.05, 4.69) is 32.8 Å². The van der Waals surface area contributed by atoms with Crippen LogP contribution in [0.2, 0.25) is 5.02 Å². The number of hydrogen-bond acceptors (Lipinski definition) is 9. The molecule has 0 unspecified atom stereocenters. The van der Waals surface area contributed by atoms with Crippen LogP contribution in [0.3, 0.4) is 0 Å². The van der Waals surface area contributed by atoms with Crippen molar-refractivity contribution < 1.29 is 0 Å². The second-order valence-corrected chi connectivity index (χ2v) is 11.4. The molecule has 0 radical (unpaired) electrons. The van der Waals surface area contributed by atoms with Crippen molar-refractivity contribution in [2.24, 2.45) is 5.73 Å². The van der Waals surface area contributed by atoms with Gasteiger partial charge in [0.25, 0.3) is 0 Å². The van der Waals surface area contributed by atoms with Gasteiger partial charge in [0.1, 0.15) is 23.1 Å². The maximum absolute atomic E-state index is 6.75. The zero-order chi connectivity index (χ0) is 25.5. The van der Waals surface area contributed by atoms with Crippen LogP contribution >= 0.6 is 23.4 Å². The van der Waals surface area contributed by atoms with Crippen molar-refractivity contribution in [3.05, 3.63) is 34.7 Å². The maximum Gasteiger partial charge on any atom is 0.196 e. The number of nitrogens with zero attached hydrogens (tertiary/aromatic N) is 6. The molecule has 2 saturated heterocycles. The summed E-state index contributed by atoms with van der Waals surface area (Å²) in [6.07, 6.45) is 5.48. The number of nitrogens with two attached hydrogens (primary N) is 2. The molecule has 0 bridgehead atoms. The number of piperidine rings is 1. The summed E-state index contributed by atoms with van der Waals surface area (Å²) in [4.78, 5) is 28.3.